The van der Waals surface area contributed by atoms with Crippen LogP contribution in [0.4, 0.5) is 0 Å². The van der Waals surface area contributed by atoms with E-state index in [1.165, 1.54) is 0 Å². The molecule has 24 heavy (non-hydrogen) atoms. The van der Waals surface area contributed by atoms with E-state index in [4.69, 9.17) is 16.3 Å². The van der Waals surface area contributed by atoms with Crippen LogP contribution in [0.1, 0.15) is 30.2 Å². The van der Waals surface area contributed by atoms with E-state index in [-0.39, 0.29) is 18.1 Å². The van der Waals surface area contributed by atoms with Crippen LogP contribution in [0.25, 0.3) is 6.08 Å². The summed E-state index contributed by atoms with van der Waals surface area (Å²) < 4.78 is 7.63. The topological polar surface area (TPSA) is 56.2 Å². The minimum Gasteiger partial charge on any atom is -0.372 e. The molecular formula is C18H20ClN3O2. The molecular weight excluding hydrogens is 326 g/mol. The summed E-state index contributed by atoms with van der Waals surface area (Å²) in [6.07, 6.45) is 6.63. The molecule has 5 nitrogen and oxygen atoms in total. The third-order valence-electron chi connectivity index (χ3n) is 4.12. The predicted octanol–water partition coefficient (Wildman–Crippen LogP) is 3.12. The van der Waals surface area contributed by atoms with Crippen LogP contribution in [-0.2, 0) is 16.6 Å². The van der Waals surface area contributed by atoms with Crippen LogP contribution in [0, 0.1) is 0 Å². The molecule has 1 fully saturated rings. The molecule has 0 saturated carbocycles. The summed E-state index contributed by atoms with van der Waals surface area (Å²) in [6.45, 7) is 0.627. The van der Waals surface area contributed by atoms with Gasteiger partial charge in [0.1, 0.15) is 6.10 Å². The van der Waals surface area contributed by atoms with Gasteiger partial charge in [0.2, 0.25) is 5.91 Å². The zero-order chi connectivity index (χ0) is 16.9. The first-order valence-electron chi connectivity index (χ1n) is 7.95. The van der Waals surface area contributed by atoms with Crippen LogP contribution in [0.2, 0.25) is 5.02 Å². The molecule has 1 aliphatic rings. The van der Waals surface area contributed by atoms with Crippen molar-refractivity contribution < 1.29 is 9.53 Å². The average Bonchev–Trinajstić information content (AvgIpc) is 3.01. The zero-order valence-corrected chi connectivity index (χ0v) is 14.2. The minimum absolute atomic E-state index is 0.0307. The number of halogens is 1. The molecule has 3 rings (SSSR count). The number of rotatable bonds is 4. The van der Waals surface area contributed by atoms with Gasteiger partial charge in [-0.1, -0.05) is 23.7 Å². The number of amides is 1. The fourth-order valence-corrected chi connectivity index (χ4v) is 2.96. The van der Waals surface area contributed by atoms with Gasteiger partial charge in [-0.25, -0.2) is 0 Å². The van der Waals surface area contributed by atoms with Gasteiger partial charge in [-0.15, -0.1) is 0 Å². The summed E-state index contributed by atoms with van der Waals surface area (Å²) in [5, 5.41) is 7.91. The number of hydrogen-bond donors (Lipinski definition) is 1. The summed E-state index contributed by atoms with van der Waals surface area (Å²) in [5.41, 5.74) is 1.97. The highest BCUT2D eigenvalue weighted by molar-refractivity contribution is 6.30. The third kappa shape index (κ3) is 4.24. The van der Waals surface area contributed by atoms with Gasteiger partial charge in [-0.2, -0.15) is 5.10 Å². The Morgan fingerprint density at radius 2 is 2.17 bits per heavy atom. The largest absolute Gasteiger partial charge is 0.372 e. The maximum absolute atomic E-state index is 12.1. The number of ether oxygens (including phenoxy) is 1. The van der Waals surface area contributed by atoms with Gasteiger partial charge in [-0.05, 0) is 42.7 Å². The Labute approximate surface area is 146 Å². The van der Waals surface area contributed by atoms with Crippen molar-refractivity contribution in [1.29, 1.82) is 0 Å². The fourth-order valence-electron chi connectivity index (χ4n) is 2.83. The van der Waals surface area contributed by atoms with Crippen molar-refractivity contribution in [2.24, 2.45) is 7.05 Å². The Hall–Kier alpha value is -2.11. The molecule has 0 spiro atoms. The number of nitrogens with zero attached hydrogens (tertiary/aromatic N) is 2. The molecule has 1 aromatic heterocycles. The van der Waals surface area contributed by atoms with Crippen LogP contribution in [0.15, 0.2) is 42.6 Å². The SMILES string of the molecule is Cn1nccc1C1CC(NC(=O)C=Cc2ccc(Cl)cc2)CCO1. The van der Waals surface area contributed by atoms with Crippen molar-refractivity contribution in [2.75, 3.05) is 6.61 Å². The Kier molecular flexibility index (Phi) is 5.33. The molecule has 0 aliphatic carbocycles. The predicted molar refractivity (Wildman–Crippen MR) is 93.6 cm³/mol. The van der Waals surface area contributed by atoms with E-state index >= 15 is 0 Å². The third-order valence-corrected chi connectivity index (χ3v) is 4.37. The first-order chi connectivity index (χ1) is 11.6. The second kappa shape index (κ2) is 7.64. The van der Waals surface area contributed by atoms with E-state index in [0.29, 0.717) is 11.6 Å². The molecule has 0 radical (unpaired) electrons. The molecule has 2 heterocycles. The van der Waals surface area contributed by atoms with Gasteiger partial charge >= 0.3 is 0 Å². The lowest BCUT2D eigenvalue weighted by Crippen LogP contribution is -2.39. The summed E-state index contributed by atoms with van der Waals surface area (Å²) in [4.78, 5) is 12.1. The highest BCUT2D eigenvalue weighted by atomic mass is 35.5. The standard InChI is InChI=1S/C18H20ClN3O2/c1-22-16(8-10-20-22)17-12-15(9-11-24-17)21-18(23)7-4-13-2-5-14(19)6-3-13/h2-8,10,15,17H,9,11-12H2,1H3,(H,21,23). The summed E-state index contributed by atoms with van der Waals surface area (Å²) in [6, 6.07) is 9.40. The second-order valence-electron chi connectivity index (χ2n) is 5.85. The number of carbonyl (C=O) groups is 1. The molecule has 1 saturated heterocycles. The normalized spacial score (nSPS) is 21.1. The van der Waals surface area contributed by atoms with E-state index < -0.39 is 0 Å². The van der Waals surface area contributed by atoms with Crippen LogP contribution < -0.4 is 5.32 Å². The number of carbonyl (C=O) groups excluding carboxylic acids is 1. The molecule has 2 aromatic rings. The molecule has 2 atom stereocenters. The van der Waals surface area contributed by atoms with Gasteiger partial charge in [0, 0.05) is 37.0 Å². The van der Waals surface area contributed by atoms with E-state index in [0.717, 1.165) is 24.1 Å². The molecule has 126 valence electrons. The lowest BCUT2D eigenvalue weighted by molar-refractivity contribution is -0.118. The lowest BCUT2D eigenvalue weighted by atomic mass is 10.0. The van der Waals surface area contributed by atoms with Crippen molar-refractivity contribution in [3.8, 4) is 0 Å². The Morgan fingerprint density at radius 3 is 2.88 bits per heavy atom. The number of hydrogen-bond acceptors (Lipinski definition) is 3. The Morgan fingerprint density at radius 1 is 1.38 bits per heavy atom. The van der Waals surface area contributed by atoms with Crippen molar-refractivity contribution in [3.05, 3.63) is 58.9 Å². The van der Waals surface area contributed by atoms with Crippen molar-refractivity contribution in [1.82, 2.24) is 15.1 Å². The maximum Gasteiger partial charge on any atom is 0.244 e. The summed E-state index contributed by atoms with van der Waals surface area (Å²) in [5.74, 6) is -0.0967. The first kappa shape index (κ1) is 16.7. The van der Waals surface area contributed by atoms with Crippen molar-refractivity contribution in [3.63, 3.8) is 0 Å². The Balaban J connectivity index is 1.56. The lowest BCUT2D eigenvalue weighted by Gasteiger charge is -2.29. The van der Waals surface area contributed by atoms with Crippen molar-refractivity contribution >= 4 is 23.6 Å². The summed E-state index contributed by atoms with van der Waals surface area (Å²) in [7, 11) is 1.90. The monoisotopic (exact) mass is 345 g/mol. The maximum atomic E-state index is 12.1. The molecule has 1 aliphatic heterocycles. The zero-order valence-electron chi connectivity index (χ0n) is 13.5. The van der Waals surface area contributed by atoms with Crippen LogP contribution in [0.3, 0.4) is 0 Å². The number of benzene rings is 1. The van der Waals surface area contributed by atoms with Gasteiger partial charge < -0.3 is 10.1 Å². The minimum atomic E-state index is -0.0967. The number of aromatic nitrogens is 2. The highest BCUT2D eigenvalue weighted by Gasteiger charge is 2.26. The molecule has 0 bridgehead atoms. The van der Waals surface area contributed by atoms with Crippen LogP contribution in [-0.4, -0.2) is 28.3 Å². The molecule has 6 heteroatoms. The van der Waals surface area contributed by atoms with Crippen LogP contribution >= 0.6 is 11.6 Å². The van der Waals surface area contributed by atoms with Crippen LogP contribution in [0.5, 0.6) is 0 Å². The fraction of sp³-hybridized carbons (Fsp3) is 0.333. The van der Waals surface area contributed by atoms with Gasteiger partial charge in [0.05, 0.1) is 5.69 Å². The first-order valence-corrected chi connectivity index (χ1v) is 8.33. The van der Waals surface area contributed by atoms with Crippen molar-refractivity contribution in [2.45, 2.75) is 25.0 Å². The number of nitrogens with one attached hydrogen (secondary N) is 1. The van der Waals surface area contributed by atoms with E-state index in [1.54, 1.807) is 30.5 Å². The second-order valence-corrected chi connectivity index (χ2v) is 6.29. The Bertz CT molecular complexity index is 724. The van der Waals surface area contributed by atoms with E-state index in [9.17, 15) is 4.79 Å². The number of aryl methyl sites for hydroxylation is 1. The van der Waals surface area contributed by atoms with E-state index in [1.807, 2.05) is 29.9 Å². The van der Waals surface area contributed by atoms with Gasteiger partial charge in [-0.3, -0.25) is 9.48 Å². The molecule has 1 N–H and O–H groups in total. The van der Waals surface area contributed by atoms with Gasteiger partial charge in [0.15, 0.2) is 0 Å². The smallest absolute Gasteiger partial charge is 0.244 e. The average molecular weight is 346 g/mol. The molecule has 2 unspecified atom stereocenters. The molecule has 1 aromatic carbocycles. The molecule has 1 amide bonds. The highest BCUT2D eigenvalue weighted by Crippen LogP contribution is 2.27. The quantitative estimate of drug-likeness (QED) is 0.866. The van der Waals surface area contributed by atoms with Gasteiger partial charge in [0.25, 0.3) is 0 Å². The summed E-state index contributed by atoms with van der Waals surface area (Å²) >= 11 is 5.85. The van der Waals surface area contributed by atoms with E-state index in [2.05, 4.69) is 10.4 Å².